The SMILES string of the molecule is COC(=O)CCCCCCCCCOc1ccc(N2CCN(C(=O)OC(C)(C)C)CC2)cc1. The molecule has 1 saturated heterocycles. The molecular formula is C26H42N2O5. The predicted molar refractivity (Wildman–Crippen MR) is 131 cm³/mol. The highest BCUT2D eigenvalue weighted by Gasteiger charge is 2.25. The van der Waals surface area contributed by atoms with Crippen LogP contribution in [0, 0.1) is 0 Å². The highest BCUT2D eigenvalue weighted by molar-refractivity contribution is 5.69. The number of rotatable bonds is 12. The van der Waals surface area contributed by atoms with E-state index in [4.69, 9.17) is 9.47 Å². The second kappa shape index (κ2) is 14.0. The molecule has 2 rings (SSSR count). The van der Waals surface area contributed by atoms with Crippen LogP contribution in [0.2, 0.25) is 0 Å². The summed E-state index contributed by atoms with van der Waals surface area (Å²) in [7, 11) is 1.44. The molecule has 0 spiro atoms. The van der Waals surface area contributed by atoms with Gasteiger partial charge >= 0.3 is 12.1 Å². The minimum absolute atomic E-state index is 0.110. The third kappa shape index (κ3) is 10.8. The summed E-state index contributed by atoms with van der Waals surface area (Å²) < 4.78 is 16.0. The standard InChI is InChI=1S/C26H42N2O5/c1-26(2,3)33-25(30)28-19-17-27(18-20-28)22-13-15-23(16-14-22)32-21-11-9-7-5-6-8-10-12-24(29)31-4/h13-16H,5-12,17-21H2,1-4H3. The van der Waals surface area contributed by atoms with Gasteiger partial charge in [-0.2, -0.15) is 0 Å². The summed E-state index contributed by atoms with van der Waals surface area (Å²) in [5.41, 5.74) is 0.690. The van der Waals surface area contributed by atoms with E-state index >= 15 is 0 Å². The summed E-state index contributed by atoms with van der Waals surface area (Å²) in [6, 6.07) is 8.23. The lowest BCUT2D eigenvalue weighted by Crippen LogP contribution is -2.50. The van der Waals surface area contributed by atoms with Gasteiger partial charge in [0.1, 0.15) is 11.4 Å². The molecule has 0 bridgehead atoms. The van der Waals surface area contributed by atoms with Gasteiger partial charge in [-0.05, 0) is 57.9 Å². The van der Waals surface area contributed by atoms with Crippen molar-refractivity contribution in [2.24, 2.45) is 0 Å². The largest absolute Gasteiger partial charge is 0.494 e. The molecule has 1 amide bonds. The molecule has 1 aromatic rings. The van der Waals surface area contributed by atoms with Crippen molar-refractivity contribution >= 4 is 17.7 Å². The maximum absolute atomic E-state index is 12.2. The lowest BCUT2D eigenvalue weighted by atomic mass is 10.1. The maximum atomic E-state index is 12.2. The van der Waals surface area contributed by atoms with E-state index in [1.807, 2.05) is 32.9 Å². The summed E-state index contributed by atoms with van der Waals surface area (Å²) in [4.78, 5) is 27.3. The molecule has 1 aliphatic heterocycles. The molecule has 0 N–H and O–H groups in total. The zero-order valence-corrected chi connectivity index (χ0v) is 20.9. The zero-order valence-electron chi connectivity index (χ0n) is 20.9. The Morgan fingerprint density at radius 2 is 1.42 bits per heavy atom. The van der Waals surface area contributed by atoms with Crippen molar-refractivity contribution in [3.63, 3.8) is 0 Å². The van der Waals surface area contributed by atoms with Gasteiger partial charge in [0.2, 0.25) is 0 Å². The fourth-order valence-corrected chi connectivity index (χ4v) is 3.77. The summed E-state index contributed by atoms with van der Waals surface area (Å²) in [6.07, 6.45) is 8.11. The van der Waals surface area contributed by atoms with Gasteiger partial charge in [-0.1, -0.05) is 32.1 Å². The quantitative estimate of drug-likeness (QED) is 0.305. The Kier molecular flexibility index (Phi) is 11.3. The second-order valence-corrected chi connectivity index (χ2v) is 9.60. The Labute approximate surface area is 199 Å². The van der Waals surface area contributed by atoms with E-state index in [0.29, 0.717) is 19.5 Å². The van der Waals surface area contributed by atoms with Gasteiger partial charge in [-0.15, -0.1) is 0 Å². The van der Waals surface area contributed by atoms with Crippen LogP contribution in [-0.2, 0) is 14.3 Å². The number of carbonyl (C=O) groups excluding carboxylic acids is 2. The monoisotopic (exact) mass is 462 g/mol. The Balaban J connectivity index is 1.56. The molecular weight excluding hydrogens is 420 g/mol. The molecule has 0 radical (unpaired) electrons. The fourth-order valence-electron chi connectivity index (χ4n) is 3.77. The Morgan fingerprint density at radius 1 is 0.848 bits per heavy atom. The number of anilines is 1. The minimum Gasteiger partial charge on any atom is -0.494 e. The van der Waals surface area contributed by atoms with Crippen LogP contribution in [0.3, 0.4) is 0 Å². The molecule has 1 aliphatic rings. The molecule has 7 heteroatoms. The van der Waals surface area contributed by atoms with E-state index in [1.165, 1.54) is 26.4 Å². The van der Waals surface area contributed by atoms with Crippen molar-refractivity contribution < 1.29 is 23.8 Å². The second-order valence-electron chi connectivity index (χ2n) is 9.60. The molecule has 0 unspecified atom stereocenters. The number of methoxy groups -OCH3 is 1. The lowest BCUT2D eigenvalue weighted by molar-refractivity contribution is -0.140. The Bertz CT molecular complexity index is 706. The van der Waals surface area contributed by atoms with Crippen molar-refractivity contribution in [3.8, 4) is 5.75 Å². The number of hydrogen-bond donors (Lipinski definition) is 0. The summed E-state index contributed by atoms with van der Waals surface area (Å²) in [5.74, 6) is 0.787. The van der Waals surface area contributed by atoms with Crippen LogP contribution < -0.4 is 9.64 Å². The van der Waals surface area contributed by atoms with Crippen molar-refractivity contribution in [3.05, 3.63) is 24.3 Å². The summed E-state index contributed by atoms with van der Waals surface area (Å²) >= 11 is 0. The van der Waals surface area contributed by atoms with Crippen LogP contribution in [-0.4, -0.2) is 62.5 Å². The average Bonchev–Trinajstić information content (AvgIpc) is 2.79. The van der Waals surface area contributed by atoms with E-state index in [2.05, 4.69) is 21.8 Å². The molecule has 0 aliphatic carbocycles. The molecule has 1 heterocycles. The molecule has 1 aromatic carbocycles. The van der Waals surface area contributed by atoms with Crippen LogP contribution in [0.5, 0.6) is 5.75 Å². The molecule has 186 valence electrons. The third-order valence-corrected chi connectivity index (χ3v) is 5.65. The van der Waals surface area contributed by atoms with Crippen LogP contribution in [0.1, 0.15) is 72.1 Å². The van der Waals surface area contributed by atoms with Crippen molar-refractivity contribution in [2.45, 2.75) is 77.7 Å². The van der Waals surface area contributed by atoms with Crippen LogP contribution in [0.15, 0.2) is 24.3 Å². The fraction of sp³-hybridized carbons (Fsp3) is 0.692. The number of benzene rings is 1. The topological polar surface area (TPSA) is 68.3 Å². The first-order chi connectivity index (χ1) is 15.8. The molecule has 0 saturated carbocycles. The number of unbranched alkanes of at least 4 members (excludes halogenated alkanes) is 6. The van der Waals surface area contributed by atoms with Crippen LogP contribution in [0.4, 0.5) is 10.5 Å². The zero-order chi connectivity index (χ0) is 24.1. The van der Waals surface area contributed by atoms with Crippen molar-refractivity contribution in [1.29, 1.82) is 0 Å². The number of nitrogens with zero attached hydrogens (tertiary/aromatic N) is 2. The maximum Gasteiger partial charge on any atom is 0.410 e. The third-order valence-electron chi connectivity index (χ3n) is 5.65. The smallest absolute Gasteiger partial charge is 0.410 e. The van der Waals surface area contributed by atoms with Gasteiger partial charge in [0.05, 0.1) is 13.7 Å². The predicted octanol–water partition coefficient (Wildman–Crippen LogP) is 5.42. The van der Waals surface area contributed by atoms with Gasteiger partial charge in [-0.25, -0.2) is 4.79 Å². The van der Waals surface area contributed by atoms with E-state index < -0.39 is 5.60 Å². The van der Waals surface area contributed by atoms with Gasteiger partial charge in [0.15, 0.2) is 0 Å². The van der Waals surface area contributed by atoms with E-state index in [9.17, 15) is 9.59 Å². The van der Waals surface area contributed by atoms with Gasteiger partial charge < -0.3 is 24.0 Å². The van der Waals surface area contributed by atoms with Gasteiger partial charge in [0.25, 0.3) is 0 Å². The number of esters is 1. The number of ether oxygens (including phenoxy) is 3. The normalized spacial score (nSPS) is 14.2. The molecule has 33 heavy (non-hydrogen) atoms. The van der Waals surface area contributed by atoms with Gasteiger partial charge in [-0.3, -0.25) is 4.79 Å². The number of amides is 1. The van der Waals surface area contributed by atoms with Gasteiger partial charge in [0, 0.05) is 38.3 Å². The highest BCUT2D eigenvalue weighted by Crippen LogP contribution is 2.22. The first-order valence-electron chi connectivity index (χ1n) is 12.3. The highest BCUT2D eigenvalue weighted by atomic mass is 16.6. The molecule has 0 atom stereocenters. The lowest BCUT2D eigenvalue weighted by Gasteiger charge is -2.36. The van der Waals surface area contributed by atoms with Crippen LogP contribution >= 0.6 is 0 Å². The van der Waals surface area contributed by atoms with Crippen molar-refractivity contribution in [1.82, 2.24) is 4.90 Å². The summed E-state index contributed by atoms with van der Waals surface area (Å²) in [6.45, 7) is 9.32. The van der Waals surface area contributed by atoms with Crippen LogP contribution in [0.25, 0.3) is 0 Å². The van der Waals surface area contributed by atoms with E-state index in [0.717, 1.165) is 56.8 Å². The van der Waals surface area contributed by atoms with E-state index in [1.54, 1.807) is 4.90 Å². The Morgan fingerprint density at radius 3 is 2.00 bits per heavy atom. The molecule has 1 fully saturated rings. The summed E-state index contributed by atoms with van der Waals surface area (Å²) in [5, 5.41) is 0. The number of hydrogen-bond acceptors (Lipinski definition) is 6. The number of piperazine rings is 1. The minimum atomic E-state index is -0.461. The average molecular weight is 463 g/mol. The molecule has 0 aromatic heterocycles. The Hall–Kier alpha value is -2.44. The van der Waals surface area contributed by atoms with E-state index in [-0.39, 0.29) is 12.1 Å². The van der Waals surface area contributed by atoms with Crippen molar-refractivity contribution in [2.75, 3.05) is 44.8 Å². The number of carbonyl (C=O) groups is 2. The first kappa shape index (κ1) is 26.8. The first-order valence-corrected chi connectivity index (χ1v) is 12.3. The molecule has 7 nitrogen and oxygen atoms in total.